The third-order valence-corrected chi connectivity index (χ3v) is 1.61. The van der Waals surface area contributed by atoms with E-state index in [-0.39, 0.29) is 0 Å². The molecule has 0 aliphatic rings. The Morgan fingerprint density at radius 2 is 2.25 bits per heavy atom. The van der Waals surface area contributed by atoms with E-state index in [4.69, 9.17) is 11.5 Å². The summed E-state index contributed by atoms with van der Waals surface area (Å²) in [6.45, 7) is 1.50. The van der Waals surface area contributed by atoms with Crippen LogP contribution in [0.25, 0.3) is 0 Å². The molecule has 0 spiro atoms. The van der Waals surface area contributed by atoms with Crippen molar-refractivity contribution in [1.29, 1.82) is 0 Å². The van der Waals surface area contributed by atoms with Gasteiger partial charge in [-0.05, 0) is 6.92 Å². The minimum Gasteiger partial charge on any atom is -0.368 e. The molecule has 0 aliphatic heterocycles. The molecular formula is C7H10N4O. The predicted octanol–water partition coefficient (Wildman–Crippen LogP) is -0.864. The number of nitrogens with zero attached hydrogens (tertiary/aromatic N) is 2. The van der Waals surface area contributed by atoms with Crippen LogP contribution in [0.5, 0.6) is 0 Å². The lowest BCUT2D eigenvalue weighted by atomic mass is 9.99. The second kappa shape index (κ2) is 2.86. The van der Waals surface area contributed by atoms with Crippen molar-refractivity contribution in [1.82, 2.24) is 9.97 Å². The van der Waals surface area contributed by atoms with Crippen LogP contribution in [0, 0.1) is 0 Å². The molecule has 1 atom stereocenters. The lowest BCUT2D eigenvalue weighted by Gasteiger charge is -2.18. The first-order valence-electron chi connectivity index (χ1n) is 3.40. The molecule has 0 radical (unpaired) electrons. The fourth-order valence-electron chi connectivity index (χ4n) is 0.694. The lowest BCUT2D eigenvalue weighted by molar-refractivity contribution is -0.122. The minimum absolute atomic E-state index is 0.373. The van der Waals surface area contributed by atoms with Gasteiger partial charge in [-0.3, -0.25) is 14.8 Å². The van der Waals surface area contributed by atoms with Crippen LogP contribution in [0.2, 0.25) is 0 Å². The average Bonchev–Trinajstić information content (AvgIpc) is 2.06. The molecular weight excluding hydrogens is 156 g/mol. The minimum atomic E-state index is -1.24. The topological polar surface area (TPSA) is 94.9 Å². The third-order valence-electron chi connectivity index (χ3n) is 1.61. The molecule has 0 aromatic carbocycles. The Labute approximate surface area is 69.8 Å². The van der Waals surface area contributed by atoms with Crippen LogP contribution in [0.3, 0.4) is 0 Å². The maximum atomic E-state index is 10.9. The molecule has 1 rings (SSSR count). The van der Waals surface area contributed by atoms with E-state index in [0.717, 1.165) is 0 Å². The fourth-order valence-corrected chi connectivity index (χ4v) is 0.694. The molecule has 0 saturated heterocycles. The number of hydrogen-bond acceptors (Lipinski definition) is 4. The second-order valence-electron chi connectivity index (χ2n) is 2.66. The van der Waals surface area contributed by atoms with Gasteiger partial charge in [0, 0.05) is 12.4 Å². The van der Waals surface area contributed by atoms with Crippen LogP contribution in [0.15, 0.2) is 18.6 Å². The molecule has 1 aromatic rings. The van der Waals surface area contributed by atoms with Crippen molar-refractivity contribution >= 4 is 5.91 Å². The summed E-state index contributed by atoms with van der Waals surface area (Å²) in [5.41, 5.74) is 9.81. The molecule has 0 aliphatic carbocycles. The first-order valence-corrected chi connectivity index (χ1v) is 3.40. The maximum Gasteiger partial charge on any atom is 0.243 e. The molecule has 1 heterocycles. The average molecular weight is 166 g/mol. The standard InChI is InChI=1S/C7H10N4O/c1-7(9,6(8)12)5-4-10-2-3-11-5/h2-4H,9H2,1H3,(H2,8,12). The largest absolute Gasteiger partial charge is 0.368 e. The van der Waals surface area contributed by atoms with Gasteiger partial charge in [0.2, 0.25) is 5.91 Å². The van der Waals surface area contributed by atoms with E-state index in [9.17, 15) is 4.79 Å². The highest BCUT2D eigenvalue weighted by Crippen LogP contribution is 2.11. The quantitative estimate of drug-likeness (QED) is 0.597. The second-order valence-corrected chi connectivity index (χ2v) is 2.66. The highest BCUT2D eigenvalue weighted by Gasteiger charge is 2.29. The van der Waals surface area contributed by atoms with Crippen molar-refractivity contribution < 1.29 is 4.79 Å². The molecule has 5 heteroatoms. The van der Waals surface area contributed by atoms with Crippen molar-refractivity contribution in [3.8, 4) is 0 Å². The van der Waals surface area contributed by atoms with Crippen LogP contribution >= 0.6 is 0 Å². The van der Waals surface area contributed by atoms with Gasteiger partial charge in [0.25, 0.3) is 0 Å². The molecule has 4 N–H and O–H groups in total. The van der Waals surface area contributed by atoms with E-state index in [1.807, 2.05) is 0 Å². The van der Waals surface area contributed by atoms with Gasteiger partial charge in [-0.25, -0.2) is 0 Å². The molecule has 12 heavy (non-hydrogen) atoms. The van der Waals surface area contributed by atoms with Crippen LogP contribution in [0.1, 0.15) is 12.6 Å². The summed E-state index contributed by atoms with van der Waals surface area (Å²) in [4.78, 5) is 18.5. The first-order chi connectivity index (χ1) is 5.55. The van der Waals surface area contributed by atoms with Gasteiger partial charge in [0.05, 0.1) is 11.9 Å². The van der Waals surface area contributed by atoms with Crippen molar-refractivity contribution in [2.45, 2.75) is 12.5 Å². The van der Waals surface area contributed by atoms with Crippen molar-refractivity contribution in [2.24, 2.45) is 11.5 Å². The Hall–Kier alpha value is -1.49. The van der Waals surface area contributed by atoms with Gasteiger partial charge in [-0.2, -0.15) is 0 Å². The number of primary amides is 1. The number of carbonyl (C=O) groups excluding carboxylic acids is 1. The Kier molecular flexibility index (Phi) is 2.05. The Morgan fingerprint density at radius 3 is 2.67 bits per heavy atom. The van der Waals surface area contributed by atoms with Gasteiger partial charge in [-0.15, -0.1) is 0 Å². The Bertz CT molecular complexity index is 283. The molecule has 1 unspecified atom stereocenters. The van der Waals surface area contributed by atoms with Gasteiger partial charge < -0.3 is 11.5 Å². The highest BCUT2D eigenvalue weighted by molar-refractivity contribution is 5.84. The summed E-state index contributed by atoms with van der Waals surface area (Å²) in [5, 5.41) is 0. The number of rotatable bonds is 2. The fraction of sp³-hybridized carbons (Fsp3) is 0.286. The molecule has 64 valence electrons. The van der Waals surface area contributed by atoms with E-state index in [1.54, 1.807) is 0 Å². The molecule has 5 nitrogen and oxygen atoms in total. The number of nitrogens with two attached hydrogens (primary N) is 2. The highest BCUT2D eigenvalue weighted by atomic mass is 16.1. The van der Waals surface area contributed by atoms with E-state index in [0.29, 0.717) is 5.69 Å². The van der Waals surface area contributed by atoms with Gasteiger partial charge in [-0.1, -0.05) is 0 Å². The van der Waals surface area contributed by atoms with E-state index < -0.39 is 11.4 Å². The smallest absolute Gasteiger partial charge is 0.243 e. The predicted molar refractivity (Wildman–Crippen MR) is 42.8 cm³/mol. The van der Waals surface area contributed by atoms with Crippen LogP contribution in [-0.2, 0) is 10.3 Å². The molecule has 0 bridgehead atoms. The van der Waals surface area contributed by atoms with Crippen molar-refractivity contribution in [2.75, 3.05) is 0 Å². The zero-order valence-corrected chi connectivity index (χ0v) is 6.69. The summed E-state index contributed by atoms with van der Waals surface area (Å²) < 4.78 is 0. The van der Waals surface area contributed by atoms with Gasteiger partial charge in [0.15, 0.2) is 0 Å². The summed E-state index contributed by atoms with van der Waals surface area (Å²) in [7, 11) is 0. The first kappa shape index (κ1) is 8.61. The van der Waals surface area contributed by atoms with E-state index >= 15 is 0 Å². The number of aromatic nitrogens is 2. The number of carbonyl (C=O) groups is 1. The SMILES string of the molecule is CC(N)(C(N)=O)c1cnccn1. The summed E-state index contributed by atoms with van der Waals surface area (Å²) in [6, 6.07) is 0. The van der Waals surface area contributed by atoms with Crippen molar-refractivity contribution in [3.05, 3.63) is 24.3 Å². The third kappa shape index (κ3) is 1.40. The monoisotopic (exact) mass is 166 g/mol. The number of amides is 1. The van der Waals surface area contributed by atoms with Crippen LogP contribution in [-0.4, -0.2) is 15.9 Å². The lowest BCUT2D eigenvalue weighted by Crippen LogP contribution is -2.47. The zero-order valence-electron chi connectivity index (χ0n) is 6.69. The van der Waals surface area contributed by atoms with Crippen LogP contribution < -0.4 is 11.5 Å². The Balaban J connectivity index is 3.06. The zero-order chi connectivity index (χ0) is 9.19. The van der Waals surface area contributed by atoms with Gasteiger partial charge in [0.1, 0.15) is 5.54 Å². The van der Waals surface area contributed by atoms with E-state index in [2.05, 4.69) is 9.97 Å². The number of hydrogen-bond donors (Lipinski definition) is 2. The molecule has 0 saturated carbocycles. The normalized spacial score (nSPS) is 15.2. The van der Waals surface area contributed by atoms with E-state index in [1.165, 1.54) is 25.5 Å². The van der Waals surface area contributed by atoms with Crippen molar-refractivity contribution in [3.63, 3.8) is 0 Å². The Morgan fingerprint density at radius 1 is 1.58 bits per heavy atom. The summed E-state index contributed by atoms with van der Waals surface area (Å²) in [6.07, 6.45) is 4.38. The van der Waals surface area contributed by atoms with Gasteiger partial charge >= 0.3 is 0 Å². The molecule has 1 aromatic heterocycles. The summed E-state index contributed by atoms with van der Waals surface area (Å²) in [5.74, 6) is -0.622. The molecule has 0 fully saturated rings. The summed E-state index contributed by atoms with van der Waals surface area (Å²) >= 11 is 0. The maximum absolute atomic E-state index is 10.9. The van der Waals surface area contributed by atoms with Crippen LogP contribution in [0.4, 0.5) is 0 Å². The molecule has 1 amide bonds.